The molecular formula is C7H12OS. The van der Waals surface area contributed by atoms with Gasteiger partial charge in [-0.05, 0) is 20.3 Å². The van der Waals surface area contributed by atoms with Gasteiger partial charge in [-0.15, -0.1) is 12.6 Å². The molecule has 0 rings (SSSR count). The van der Waals surface area contributed by atoms with Crippen LogP contribution >= 0.6 is 12.6 Å². The third kappa shape index (κ3) is 2.70. The molecule has 0 unspecified atom stereocenters. The normalized spacial score (nSPS) is 12.9. The molecular weight excluding hydrogens is 132 g/mol. The van der Waals surface area contributed by atoms with Gasteiger partial charge in [0.05, 0.1) is 0 Å². The first-order chi connectivity index (χ1) is 4.09. The van der Waals surface area contributed by atoms with Crippen molar-refractivity contribution in [3.8, 4) is 0 Å². The van der Waals surface area contributed by atoms with Gasteiger partial charge in [0.1, 0.15) is 0 Å². The second kappa shape index (κ2) is 3.72. The van der Waals surface area contributed by atoms with Crippen molar-refractivity contribution in [2.75, 3.05) is 0 Å². The van der Waals surface area contributed by atoms with Gasteiger partial charge in [-0.1, -0.05) is 12.5 Å². The summed E-state index contributed by atoms with van der Waals surface area (Å²) in [6.07, 6.45) is 0.929. The molecule has 0 bridgehead atoms. The number of thiol groups is 1. The molecule has 0 fully saturated rings. The van der Waals surface area contributed by atoms with Crippen molar-refractivity contribution in [1.82, 2.24) is 0 Å². The highest BCUT2D eigenvalue weighted by atomic mass is 32.1. The van der Waals surface area contributed by atoms with E-state index >= 15 is 0 Å². The van der Waals surface area contributed by atoms with Crippen LogP contribution in [0.3, 0.4) is 0 Å². The Morgan fingerprint density at radius 3 is 2.00 bits per heavy atom. The average molecular weight is 144 g/mol. The van der Waals surface area contributed by atoms with E-state index in [1.165, 1.54) is 0 Å². The maximum Gasteiger partial charge on any atom is 0.211 e. The number of hydrogen-bond donors (Lipinski definition) is 1. The van der Waals surface area contributed by atoms with Gasteiger partial charge in [0.25, 0.3) is 0 Å². The van der Waals surface area contributed by atoms with E-state index in [-0.39, 0.29) is 5.12 Å². The van der Waals surface area contributed by atoms with Crippen molar-refractivity contribution in [3.05, 3.63) is 11.1 Å². The summed E-state index contributed by atoms with van der Waals surface area (Å²) in [5.41, 5.74) is 1.90. The Hall–Kier alpha value is -0.240. The Bertz CT molecular complexity index is 147. The highest BCUT2D eigenvalue weighted by molar-refractivity contribution is 7.97. The van der Waals surface area contributed by atoms with Crippen LogP contribution in [0.5, 0.6) is 0 Å². The maximum atomic E-state index is 10.6. The van der Waals surface area contributed by atoms with Crippen molar-refractivity contribution >= 4 is 17.7 Å². The molecule has 0 amide bonds. The second-order valence-corrected chi connectivity index (χ2v) is 2.47. The lowest BCUT2D eigenvalue weighted by atomic mass is 10.1. The van der Waals surface area contributed by atoms with Crippen molar-refractivity contribution in [3.63, 3.8) is 0 Å². The van der Waals surface area contributed by atoms with Gasteiger partial charge in [-0.25, -0.2) is 0 Å². The summed E-state index contributed by atoms with van der Waals surface area (Å²) in [6.45, 7) is 5.77. The molecule has 9 heavy (non-hydrogen) atoms. The Morgan fingerprint density at radius 2 is 1.89 bits per heavy atom. The lowest BCUT2D eigenvalue weighted by Gasteiger charge is -1.97. The Balaban J connectivity index is 4.28. The predicted octanol–water partition coefficient (Wildman–Crippen LogP) is 2.19. The number of allylic oxidation sites excluding steroid dienone is 1. The molecule has 0 aliphatic heterocycles. The van der Waals surface area contributed by atoms with Crippen LogP contribution in [0.15, 0.2) is 11.1 Å². The monoisotopic (exact) mass is 144 g/mol. The van der Waals surface area contributed by atoms with Crippen molar-refractivity contribution in [2.24, 2.45) is 0 Å². The minimum atomic E-state index is -0.116. The van der Waals surface area contributed by atoms with Crippen molar-refractivity contribution in [2.45, 2.75) is 27.2 Å². The molecule has 0 aliphatic rings. The van der Waals surface area contributed by atoms with Crippen molar-refractivity contribution < 1.29 is 4.79 Å². The highest BCUT2D eigenvalue weighted by Gasteiger charge is 1.99. The molecule has 0 aromatic heterocycles. The summed E-state index contributed by atoms with van der Waals surface area (Å²) in [5, 5.41) is -0.116. The number of rotatable bonds is 2. The summed E-state index contributed by atoms with van der Waals surface area (Å²) in [4.78, 5) is 10.6. The van der Waals surface area contributed by atoms with Crippen LogP contribution in [0.2, 0.25) is 0 Å². The topological polar surface area (TPSA) is 17.1 Å². The zero-order valence-electron chi connectivity index (χ0n) is 6.06. The maximum absolute atomic E-state index is 10.6. The predicted molar refractivity (Wildman–Crippen MR) is 42.7 cm³/mol. The van der Waals surface area contributed by atoms with Gasteiger partial charge in [0.2, 0.25) is 5.12 Å². The molecule has 52 valence electrons. The van der Waals surface area contributed by atoms with Crippen LogP contribution in [0.25, 0.3) is 0 Å². The zero-order chi connectivity index (χ0) is 7.44. The molecule has 0 aliphatic carbocycles. The van der Waals surface area contributed by atoms with E-state index in [0.29, 0.717) is 0 Å². The Morgan fingerprint density at radius 1 is 1.44 bits per heavy atom. The summed E-state index contributed by atoms with van der Waals surface area (Å²) < 4.78 is 0. The van der Waals surface area contributed by atoms with Crippen molar-refractivity contribution in [1.29, 1.82) is 0 Å². The molecule has 2 heteroatoms. The summed E-state index contributed by atoms with van der Waals surface area (Å²) in [7, 11) is 0. The molecule has 0 aromatic rings. The van der Waals surface area contributed by atoms with E-state index in [9.17, 15) is 4.79 Å². The fourth-order valence-corrected chi connectivity index (χ4v) is 0.639. The number of hydrogen-bond acceptors (Lipinski definition) is 1. The first kappa shape index (κ1) is 8.76. The van der Waals surface area contributed by atoms with Gasteiger partial charge in [-0.3, -0.25) is 4.79 Å². The summed E-state index contributed by atoms with van der Waals surface area (Å²) >= 11 is 3.69. The van der Waals surface area contributed by atoms with Crippen LogP contribution in [0, 0.1) is 0 Å². The quantitative estimate of drug-likeness (QED) is 0.464. The Kier molecular flexibility index (Phi) is 3.62. The van der Waals surface area contributed by atoms with Gasteiger partial charge in [0, 0.05) is 5.57 Å². The molecule has 0 aromatic carbocycles. The average Bonchev–Trinajstić information content (AvgIpc) is 1.84. The van der Waals surface area contributed by atoms with Crippen LogP contribution in [0.4, 0.5) is 0 Å². The first-order valence-corrected chi connectivity index (χ1v) is 3.44. The smallest absolute Gasteiger partial charge is 0.211 e. The molecule has 0 saturated carbocycles. The molecule has 0 radical (unpaired) electrons. The van der Waals surface area contributed by atoms with Crippen LogP contribution in [-0.2, 0) is 4.79 Å². The molecule has 0 atom stereocenters. The SMILES string of the molecule is CC/C(C)=C(\C)C(=O)S. The highest BCUT2D eigenvalue weighted by Crippen LogP contribution is 2.08. The van der Waals surface area contributed by atoms with Gasteiger partial charge in [-0.2, -0.15) is 0 Å². The molecule has 0 saturated heterocycles. The van der Waals surface area contributed by atoms with E-state index in [0.717, 1.165) is 17.6 Å². The standard InChI is InChI=1S/C7H12OS/c1-4-5(2)6(3)7(8)9/h4H2,1-3H3,(H,8,9)/b6-5+. The third-order valence-electron chi connectivity index (χ3n) is 1.49. The van der Waals surface area contributed by atoms with Crippen LogP contribution in [-0.4, -0.2) is 5.12 Å². The minimum Gasteiger partial charge on any atom is -0.282 e. The molecule has 0 spiro atoms. The Labute approximate surface area is 61.6 Å². The van der Waals surface area contributed by atoms with E-state index in [1.807, 2.05) is 13.8 Å². The van der Waals surface area contributed by atoms with Crippen LogP contribution < -0.4 is 0 Å². The first-order valence-electron chi connectivity index (χ1n) is 2.99. The number of carbonyl (C=O) groups excluding carboxylic acids is 1. The lowest BCUT2D eigenvalue weighted by molar-refractivity contribution is -0.107. The molecule has 0 N–H and O–H groups in total. The van der Waals surface area contributed by atoms with E-state index in [1.54, 1.807) is 6.92 Å². The minimum absolute atomic E-state index is 0.116. The van der Waals surface area contributed by atoms with Gasteiger partial charge in [0.15, 0.2) is 0 Å². The zero-order valence-corrected chi connectivity index (χ0v) is 6.96. The van der Waals surface area contributed by atoms with Gasteiger partial charge < -0.3 is 0 Å². The number of carbonyl (C=O) groups is 1. The summed E-state index contributed by atoms with van der Waals surface area (Å²) in [5.74, 6) is 0. The van der Waals surface area contributed by atoms with E-state index in [4.69, 9.17) is 0 Å². The van der Waals surface area contributed by atoms with E-state index in [2.05, 4.69) is 12.6 Å². The fraction of sp³-hybridized carbons (Fsp3) is 0.571. The second-order valence-electron chi connectivity index (χ2n) is 2.06. The van der Waals surface area contributed by atoms with Crippen LogP contribution in [0.1, 0.15) is 27.2 Å². The largest absolute Gasteiger partial charge is 0.282 e. The summed E-state index contributed by atoms with van der Waals surface area (Å²) in [6, 6.07) is 0. The molecule has 0 heterocycles. The fourth-order valence-electron chi connectivity index (χ4n) is 0.448. The van der Waals surface area contributed by atoms with Gasteiger partial charge >= 0.3 is 0 Å². The van der Waals surface area contributed by atoms with E-state index < -0.39 is 0 Å². The lowest BCUT2D eigenvalue weighted by Crippen LogP contribution is -1.91. The third-order valence-corrected chi connectivity index (χ3v) is 1.83. The molecule has 1 nitrogen and oxygen atoms in total.